The second-order valence-corrected chi connectivity index (χ2v) is 9.03. The molecule has 1 aromatic rings. The van der Waals surface area contributed by atoms with Gasteiger partial charge < -0.3 is 14.0 Å². The van der Waals surface area contributed by atoms with E-state index in [1.807, 2.05) is 54.5 Å². The molecule has 1 saturated heterocycles. The summed E-state index contributed by atoms with van der Waals surface area (Å²) in [7, 11) is -0.763. The average Bonchev–Trinajstić information content (AvgIpc) is 2.97. The van der Waals surface area contributed by atoms with Crippen molar-refractivity contribution >= 4 is 18.7 Å². The van der Waals surface area contributed by atoms with E-state index in [0.29, 0.717) is 17.6 Å². The molecular weight excluding hydrogens is 336 g/mol. The second kappa shape index (κ2) is 5.96. The van der Waals surface area contributed by atoms with Crippen LogP contribution >= 0.6 is 0 Å². The number of hydrogen-bond donors (Lipinski definition) is 0. The first-order valence-corrected chi connectivity index (χ1v) is 8.94. The molecule has 0 saturated carbocycles. The molecule has 1 fully saturated rings. The summed E-state index contributed by atoms with van der Waals surface area (Å²) >= 11 is 0. The largest absolute Gasteiger partial charge is 0.497 e. The van der Waals surface area contributed by atoms with E-state index in [0.717, 1.165) is 5.56 Å². The Kier molecular flexibility index (Phi) is 4.39. The van der Waals surface area contributed by atoms with Gasteiger partial charge in [0.15, 0.2) is 0 Å². The Morgan fingerprint density at radius 3 is 2.27 bits per heavy atom. The Labute approximate surface area is 154 Å². The summed E-state index contributed by atoms with van der Waals surface area (Å²) in [6.07, 6.45) is -0.440. The molecule has 0 aromatic heterocycles. The van der Waals surface area contributed by atoms with E-state index < -0.39 is 30.0 Å². The van der Waals surface area contributed by atoms with Gasteiger partial charge in [-0.2, -0.15) is 0 Å². The molecule has 0 N–H and O–H groups in total. The van der Waals surface area contributed by atoms with E-state index in [1.165, 1.54) is 4.90 Å². The molecule has 2 aliphatic heterocycles. The quantitative estimate of drug-likeness (QED) is 0.718. The summed E-state index contributed by atoms with van der Waals surface area (Å²) in [5, 5.41) is 0. The predicted molar refractivity (Wildman–Crippen MR) is 97.6 cm³/mol. The van der Waals surface area contributed by atoms with Gasteiger partial charge in [-0.25, -0.2) is 9.18 Å². The summed E-state index contributed by atoms with van der Waals surface area (Å²) in [5.74, 6) is -0.368. The second-order valence-electron chi connectivity index (χ2n) is 9.03. The third kappa shape index (κ3) is 3.34. The highest BCUT2D eigenvalue weighted by atomic mass is 19.1. The summed E-state index contributed by atoms with van der Waals surface area (Å²) in [6, 6.07) is 3.53. The van der Waals surface area contributed by atoms with Crippen molar-refractivity contribution in [3.05, 3.63) is 29.1 Å². The van der Waals surface area contributed by atoms with Crippen LogP contribution in [-0.4, -0.2) is 34.9 Å². The standard InChI is InChI=1S/C19H27BFNO4/c1-17(2,3)24-16(23)22-10-12-8-9-14(15(21)13(12)11-22)20-25-18(4,5)19(6,7)26-20/h8-9H,10-11H2,1-7H3. The van der Waals surface area contributed by atoms with Gasteiger partial charge in [0.25, 0.3) is 0 Å². The Bertz CT molecular complexity index is 726. The molecule has 5 nitrogen and oxygen atoms in total. The van der Waals surface area contributed by atoms with Crippen LogP contribution in [0.4, 0.5) is 9.18 Å². The van der Waals surface area contributed by atoms with Gasteiger partial charge >= 0.3 is 13.2 Å². The van der Waals surface area contributed by atoms with Gasteiger partial charge in [0.05, 0.1) is 17.7 Å². The van der Waals surface area contributed by atoms with Crippen molar-refractivity contribution in [1.82, 2.24) is 4.90 Å². The molecule has 2 heterocycles. The first-order valence-electron chi connectivity index (χ1n) is 8.94. The third-order valence-corrected chi connectivity index (χ3v) is 5.24. The van der Waals surface area contributed by atoms with Crippen molar-refractivity contribution in [2.24, 2.45) is 0 Å². The smallest absolute Gasteiger partial charge is 0.444 e. The average molecular weight is 363 g/mol. The van der Waals surface area contributed by atoms with E-state index in [-0.39, 0.29) is 12.4 Å². The lowest BCUT2D eigenvalue weighted by molar-refractivity contribution is 0.00578. The lowest BCUT2D eigenvalue weighted by atomic mass is 9.77. The number of amides is 1. The van der Waals surface area contributed by atoms with E-state index in [9.17, 15) is 4.79 Å². The molecular formula is C19H27BFNO4. The zero-order chi connectivity index (χ0) is 19.5. The van der Waals surface area contributed by atoms with Gasteiger partial charge in [-0.05, 0) is 54.0 Å². The molecule has 7 heteroatoms. The van der Waals surface area contributed by atoms with Crippen molar-refractivity contribution in [3.8, 4) is 0 Å². The Balaban J connectivity index is 1.82. The molecule has 1 amide bonds. The lowest BCUT2D eigenvalue weighted by Crippen LogP contribution is -2.41. The van der Waals surface area contributed by atoms with Crippen LogP contribution in [0, 0.1) is 5.82 Å². The number of nitrogens with zero attached hydrogens (tertiary/aromatic N) is 1. The minimum absolute atomic E-state index is 0.184. The zero-order valence-electron chi connectivity index (χ0n) is 16.6. The molecule has 0 atom stereocenters. The maximum Gasteiger partial charge on any atom is 0.497 e. The summed E-state index contributed by atoms with van der Waals surface area (Å²) < 4.78 is 32.5. The van der Waals surface area contributed by atoms with Crippen LogP contribution in [0.3, 0.4) is 0 Å². The topological polar surface area (TPSA) is 48.0 Å². The molecule has 142 valence electrons. The molecule has 2 aliphatic rings. The van der Waals surface area contributed by atoms with Crippen LogP contribution in [0.25, 0.3) is 0 Å². The van der Waals surface area contributed by atoms with E-state index in [1.54, 1.807) is 6.07 Å². The molecule has 26 heavy (non-hydrogen) atoms. The maximum absolute atomic E-state index is 15.2. The fourth-order valence-electron chi connectivity index (χ4n) is 3.06. The molecule has 0 unspecified atom stereocenters. The van der Waals surface area contributed by atoms with Crippen molar-refractivity contribution < 1.29 is 23.2 Å². The van der Waals surface area contributed by atoms with Crippen molar-refractivity contribution in [3.63, 3.8) is 0 Å². The Morgan fingerprint density at radius 1 is 1.15 bits per heavy atom. The lowest BCUT2D eigenvalue weighted by Gasteiger charge is -2.32. The number of benzene rings is 1. The van der Waals surface area contributed by atoms with Crippen LogP contribution < -0.4 is 5.46 Å². The minimum Gasteiger partial charge on any atom is -0.444 e. The number of carbonyl (C=O) groups excluding carboxylic acids is 1. The number of carbonyl (C=O) groups is 1. The molecule has 0 bridgehead atoms. The first kappa shape index (κ1) is 19.2. The van der Waals surface area contributed by atoms with Crippen molar-refractivity contribution in [2.45, 2.75) is 78.4 Å². The highest BCUT2D eigenvalue weighted by molar-refractivity contribution is 6.62. The van der Waals surface area contributed by atoms with Gasteiger partial charge in [-0.3, -0.25) is 4.90 Å². The number of halogens is 1. The number of ether oxygens (including phenoxy) is 1. The molecule has 0 aliphatic carbocycles. The highest BCUT2D eigenvalue weighted by Crippen LogP contribution is 2.37. The van der Waals surface area contributed by atoms with E-state index >= 15 is 4.39 Å². The molecule has 0 spiro atoms. The number of hydrogen-bond acceptors (Lipinski definition) is 4. The fraction of sp³-hybridized carbons (Fsp3) is 0.632. The first-order chi connectivity index (χ1) is 11.8. The summed E-state index contributed by atoms with van der Waals surface area (Å²) in [4.78, 5) is 13.8. The zero-order valence-corrected chi connectivity index (χ0v) is 16.6. The predicted octanol–water partition coefficient (Wildman–Crippen LogP) is 3.38. The van der Waals surface area contributed by atoms with Crippen LogP contribution in [-0.2, 0) is 27.1 Å². The van der Waals surface area contributed by atoms with Crippen molar-refractivity contribution in [2.75, 3.05) is 0 Å². The highest BCUT2D eigenvalue weighted by Gasteiger charge is 2.52. The van der Waals surface area contributed by atoms with Gasteiger partial charge in [0, 0.05) is 17.6 Å². The fourth-order valence-corrected chi connectivity index (χ4v) is 3.06. The Morgan fingerprint density at radius 2 is 1.73 bits per heavy atom. The van der Waals surface area contributed by atoms with Gasteiger partial charge in [0.2, 0.25) is 0 Å². The summed E-state index contributed by atoms with van der Waals surface area (Å²) in [6.45, 7) is 13.7. The normalized spacial score (nSPS) is 21.1. The summed E-state index contributed by atoms with van der Waals surface area (Å²) in [5.41, 5.74) is 0.000388. The van der Waals surface area contributed by atoms with E-state index in [2.05, 4.69) is 0 Å². The van der Waals surface area contributed by atoms with Crippen molar-refractivity contribution in [1.29, 1.82) is 0 Å². The molecule has 0 radical (unpaired) electrons. The van der Waals surface area contributed by atoms with Gasteiger partial charge in [-0.1, -0.05) is 12.1 Å². The Hall–Kier alpha value is -1.60. The van der Waals surface area contributed by atoms with Crippen LogP contribution in [0.5, 0.6) is 0 Å². The van der Waals surface area contributed by atoms with E-state index in [4.69, 9.17) is 14.0 Å². The molecule has 1 aromatic carbocycles. The number of fused-ring (bicyclic) bond motifs is 1. The van der Waals surface area contributed by atoms with Gasteiger partial charge in [0.1, 0.15) is 11.4 Å². The minimum atomic E-state index is -0.763. The van der Waals surface area contributed by atoms with Crippen LogP contribution in [0.1, 0.15) is 59.6 Å². The maximum atomic E-state index is 15.2. The number of rotatable bonds is 1. The molecule has 3 rings (SSSR count). The van der Waals surface area contributed by atoms with Crippen LogP contribution in [0.15, 0.2) is 12.1 Å². The van der Waals surface area contributed by atoms with Crippen LogP contribution in [0.2, 0.25) is 0 Å². The SMILES string of the molecule is CC(C)(C)OC(=O)N1Cc2ccc(B3OC(C)(C)C(C)(C)O3)c(F)c2C1. The third-order valence-electron chi connectivity index (χ3n) is 5.24. The monoisotopic (exact) mass is 363 g/mol. The van der Waals surface area contributed by atoms with Gasteiger partial charge in [-0.15, -0.1) is 0 Å².